The third-order valence-electron chi connectivity index (χ3n) is 8.37. The Kier molecular flexibility index (Phi) is 17.0. The number of esters is 6. The van der Waals surface area contributed by atoms with Crippen LogP contribution in [0.25, 0.3) is 0 Å². The number of hydrogen-bond acceptors (Lipinski definition) is 12. The van der Waals surface area contributed by atoms with Gasteiger partial charge in [-0.1, -0.05) is 40.2 Å². The quantitative estimate of drug-likeness (QED) is 0.0950. The Hall–Kier alpha value is -4.22. The SMILES string of the molecule is C=C(C)C(=O)OCC(CC)(COC(=O)C(=C)C)COC(=O)C1CCC(C(=O)OCC(CC)(COC(=O)C(=C)C)COC(=O)C(=C)C)CC1. The van der Waals surface area contributed by atoms with E-state index in [-0.39, 0.29) is 61.9 Å². The van der Waals surface area contributed by atoms with Crippen LogP contribution >= 0.6 is 0 Å². The molecule has 0 amide bonds. The van der Waals surface area contributed by atoms with Crippen molar-refractivity contribution in [2.45, 2.75) is 80.1 Å². The molecule has 0 N–H and O–H groups in total. The second-order valence-electron chi connectivity index (χ2n) is 12.9. The van der Waals surface area contributed by atoms with Crippen molar-refractivity contribution in [3.63, 3.8) is 0 Å². The van der Waals surface area contributed by atoms with Crippen molar-refractivity contribution in [2.24, 2.45) is 22.7 Å². The molecule has 0 radical (unpaired) electrons. The standard InChI is InChI=1S/C36H52O12/c1-11-35(17-43-29(37)23(3)4,18-44-30(38)24(5)6)21-47-33(41)27-13-15-28(16-14-27)34(42)48-22-36(12-2,19-45-31(39)25(7)8)20-46-32(40)26(9)10/h27-28H,3,5,7,9,11-22H2,1-2,4,6,8,10H3. The average Bonchev–Trinajstić information content (AvgIpc) is 3.06. The van der Waals surface area contributed by atoms with Crippen molar-refractivity contribution in [3.05, 3.63) is 48.6 Å². The first-order valence-corrected chi connectivity index (χ1v) is 16.0. The van der Waals surface area contributed by atoms with Crippen LogP contribution in [0.1, 0.15) is 80.1 Å². The van der Waals surface area contributed by atoms with Gasteiger partial charge in [-0.3, -0.25) is 9.59 Å². The molecule has 12 nitrogen and oxygen atoms in total. The molecule has 0 atom stereocenters. The molecule has 0 bridgehead atoms. The molecule has 48 heavy (non-hydrogen) atoms. The first-order valence-electron chi connectivity index (χ1n) is 16.0. The van der Waals surface area contributed by atoms with Crippen LogP contribution in [-0.4, -0.2) is 75.5 Å². The number of hydrogen-bond donors (Lipinski definition) is 0. The highest BCUT2D eigenvalue weighted by molar-refractivity contribution is 5.88. The van der Waals surface area contributed by atoms with E-state index in [9.17, 15) is 28.8 Å². The Morgan fingerprint density at radius 2 is 0.667 bits per heavy atom. The van der Waals surface area contributed by atoms with E-state index < -0.39 is 58.5 Å². The van der Waals surface area contributed by atoms with Gasteiger partial charge >= 0.3 is 35.8 Å². The van der Waals surface area contributed by atoms with Crippen molar-refractivity contribution in [2.75, 3.05) is 39.6 Å². The Morgan fingerprint density at radius 3 is 0.854 bits per heavy atom. The maximum Gasteiger partial charge on any atom is 0.333 e. The molecule has 268 valence electrons. The normalized spacial score (nSPS) is 16.0. The van der Waals surface area contributed by atoms with Crippen LogP contribution in [0.3, 0.4) is 0 Å². The fourth-order valence-electron chi connectivity index (χ4n) is 4.48. The highest BCUT2D eigenvalue weighted by Crippen LogP contribution is 2.33. The van der Waals surface area contributed by atoms with Crippen LogP contribution in [0, 0.1) is 22.7 Å². The van der Waals surface area contributed by atoms with Crippen LogP contribution in [0.4, 0.5) is 0 Å². The van der Waals surface area contributed by atoms with Gasteiger partial charge in [0.25, 0.3) is 0 Å². The van der Waals surface area contributed by atoms with Gasteiger partial charge in [0.2, 0.25) is 0 Å². The molecular weight excluding hydrogens is 624 g/mol. The van der Waals surface area contributed by atoms with E-state index in [0.717, 1.165) is 0 Å². The molecule has 0 saturated heterocycles. The van der Waals surface area contributed by atoms with E-state index in [4.69, 9.17) is 28.4 Å². The zero-order valence-electron chi connectivity index (χ0n) is 29.4. The predicted molar refractivity (Wildman–Crippen MR) is 176 cm³/mol. The molecule has 1 aliphatic rings. The van der Waals surface area contributed by atoms with Gasteiger partial charge in [-0.2, -0.15) is 0 Å². The summed E-state index contributed by atoms with van der Waals surface area (Å²) in [5.74, 6) is -4.36. The van der Waals surface area contributed by atoms with E-state index in [2.05, 4.69) is 26.3 Å². The first-order chi connectivity index (χ1) is 22.4. The number of carbonyl (C=O) groups excluding carboxylic acids is 6. The van der Waals surface area contributed by atoms with Gasteiger partial charge in [-0.05, 0) is 66.2 Å². The molecule has 1 aliphatic carbocycles. The van der Waals surface area contributed by atoms with Crippen LogP contribution in [-0.2, 0) is 57.2 Å². The topological polar surface area (TPSA) is 158 Å². The summed E-state index contributed by atoms with van der Waals surface area (Å²) in [5.41, 5.74) is -1.19. The van der Waals surface area contributed by atoms with Crippen molar-refractivity contribution in [1.29, 1.82) is 0 Å². The first kappa shape index (κ1) is 41.8. The predicted octanol–water partition coefficient (Wildman–Crippen LogP) is 5.15. The van der Waals surface area contributed by atoms with Crippen molar-refractivity contribution in [1.82, 2.24) is 0 Å². The summed E-state index contributed by atoms with van der Waals surface area (Å²) in [7, 11) is 0. The van der Waals surface area contributed by atoms with Crippen molar-refractivity contribution >= 4 is 35.8 Å². The van der Waals surface area contributed by atoms with Gasteiger partial charge in [0.1, 0.15) is 39.6 Å². The maximum atomic E-state index is 13.1. The van der Waals surface area contributed by atoms with Crippen molar-refractivity contribution < 1.29 is 57.2 Å². The molecule has 1 fully saturated rings. The van der Waals surface area contributed by atoms with Gasteiger partial charge in [-0.25, -0.2) is 19.2 Å². The van der Waals surface area contributed by atoms with Crippen LogP contribution in [0.15, 0.2) is 48.6 Å². The zero-order chi connectivity index (χ0) is 36.7. The highest BCUT2D eigenvalue weighted by Gasteiger charge is 2.39. The third-order valence-corrected chi connectivity index (χ3v) is 8.37. The van der Waals surface area contributed by atoms with Crippen molar-refractivity contribution in [3.8, 4) is 0 Å². The third kappa shape index (κ3) is 13.5. The molecule has 1 rings (SSSR count). The Bertz CT molecular complexity index is 1100. The number of rotatable bonds is 20. The Morgan fingerprint density at radius 1 is 0.458 bits per heavy atom. The summed E-state index contributed by atoms with van der Waals surface area (Å²) >= 11 is 0. The van der Waals surface area contributed by atoms with E-state index in [1.165, 1.54) is 27.7 Å². The fraction of sp³-hybridized carbons (Fsp3) is 0.611. The van der Waals surface area contributed by atoms with Gasteiger partial charge < -0.3 is 28.4 Å². The smallest absolute Gasteiger partial charge is 0.333 e. The molecule has 0 aromatic rings. The molecule has 1 saturated carbocycles. The Labute approximate surface area is 283 Å². The largest absolute Gasteiger partial charge is 0.465 e. The minimum atomic E-state index is -0.990. The van der Waals surface area contributed by atoms with Gasteiger partial charge in [0.05, 0.1) is 22.7 Å². The fourth-order valence-corrected chi connectivity index (χ4v) is 4.48. The summed E-state index contributed by atoms with van der Waals surface area (Å²) in [6, 6.07) is 0. The molecular formula is C36H52O12. The second-order valence-corrected chi connectivity index (χ2v) is 12.9. The average molecular weight is 677 g/mol. The Balaban J connectivity index is 2.85. The molecule has 0 aliphatic heterocycles. The minimum absolute atomic E-state index is 0.164. The lowest BCUT2D eigenvalue weighted by Gasteiger charge is -2.33. The van der Waals surface area contributed by atoms with Gasteiger partial charge in [0.15, 0.2) is 0 Å². The van der Waals surface area contributed by atoms with E-state index in [1.807, 2.05) is 0 Å². The molecule has 0 spiro atoms. The van der Waals surface area contributed by atoms with Crippen LogP contribution in [0.2, 0.25) is 0 Å². The van der Waals surface area contributed by atoms with E-state index >= 15 is 0 Å². The lowest BCUT2D eigenvalue weighted by molar-refractivity contribution is -0.167. The molecule has 0 heterocycles. The monoisotopic (exact) mass is 676 g/mol. The number of carbonyl (C=O) groups is 6. The van der Waals surface area contributed by atoms with E-state index in [1.54, 1.807) is 13.8 Å². The zero-order valence-corrected chi connectivity index (χ0v) is 29.4. The maximum absolute atomic E-state index is 13.1. The van der Waals surface area contributed by atoms with Crippen LogP contribution < -0.4 is 0 Å². The van der Waals surface area contributed by atoms with Crippen LogP contribution in [0.5, 0.6) is 0 Å². The van der Waals surface area contributed by atoms with Gasteiger partial charge in [0, 0.05) is 22.3 Å². The summed E-state index contributed by atoms with van der Waals surface area (Å²) in [6.07, 6.45) is 2.22. The summed E-state index contributed by atoms with van der Waals surface area (Å²) in [4.78, 5) is 74.5. The molecule has 0 aromatic heterocycles. The lowest BCUT2D eigenvalue weighted by Crippen LogP contribution is -2.41. The minimum Gasteiger partial charge on any atom is -0.465 e. The summed E-state index contributed by atoms with van der Waals surface area (Å²) < 4.78 is 32.7. The number of ether oxygens (including phenoxy) is 6. The van der Waals surface area contributed by atoms with E-state index in [0.29, 0.717) is 38.5 Å². The highest BCUT2D eigenvalue weighted by atomic mass is 16.6. The summed E-state index contributed by atoms with van der Waals surface area (Å²) in [6.45, 7) is 22.9. The molecule has 0 aromatic carbocycles. The summed E-state index contributed by atoms with van der Waals surface area (Å²) in [5, 5.41) is 0. The molecule has 12 heteroatoms. The lowest BCUT2D eigenvalue weighted by atomic mass is 9.81. The van der Waals surface area contributed by atoms with Gasteiger partial charge in [-0.15, -0.1) is 0 Å². The molecule has 0 unspecified atom stereocenters. The second kappa shape index (κ2) is 19.6.